The number of hydrogen-bond donors (Lipinski definition) is 1. The molecule has 0 aliphatic rings. The minimum atomic E-state index is -0.619. The molecule has 0 saturated carbocycles. The van der Waals surface area contributed by atoms with Gasteiger partial charge in [-0.25, -0.2) is 0 Å². The molecular formula is C25H42ClNO2. The summed E-state index contributed by atoms with van der Waals surface area (Å²) in [6.07, 6.45) is 13.6. The lowest BCUT2D eigenvalue weighted by Crippen LogP contribution is -2.33. The first kappa shape index (κ1) is 25.8. The van der Waals surface area contributed by atoms with Gasteiger partial charge in [-0.05, 0) is 42.4 Å². The first-order chi connectivity index (χ1) is 13.8. The van der Waals surface area contributed by atoms with Crippen molar-refractivity contribution in [2.75, 3.05) is 0 Å². The van der Waals surface area contributed by atoms with E-state index >= 15 is 0 Å². The van der Waals surface area contributed by atoms with Crippen LogP contribution in [0.15, 0.2) is 18.2 Å². The number of rotatable bonds is 16. The van der Waals surface area contributed by atoms with Crippen molar-refractivity contribution in [1.82, 2.24) is 0 Å². The lowest BCUT2D eigenvalue weighted by Gasteiger charge is -2.24. The van der Waals surface area contributed by atoms with Crippen molar-refractivity contribution in [2.24, 2.45) is 5.73 Å². The van der Waals surface area contributed by atoms with Crippen molar-refractivity contribution in [3.05, 3.63) is 28.8 Å². The van der Waals surface area contributed by atoms with Crippen molar-refractivity contribution in [3.63, 3.8) is 0 Å². The Balaban J connectivity index is 2.40. The summed E-state index contributed by atoms with van der Waals surface area (Å²) in [7, 11) is 0. The van der Waals surface area contributed by atoms with Crippen LogP contribution in [0.3, 0.4) is 0 Å². The molecule has 1 atom stereocenters. The number of primary amides is 1. The second-order valence-electron chi connectivity index (χ2n) is 8.86. The predicted octanol–water partition coefficient (Wildman–Crippen LogP) is 7.57. The Morgan fingerprint density at radius 3 is 2.03 bits per heavy atom. The predicted molar refractivity (Wildman–Crippen MR) is 125 cm³/mol. The molecule has 0 bridgehead atoms. The van der Waals surface area contributed by atoms with Gasteiger partial charge in [0.2, 0.25) is 0 Å². The Morgan fingerprint density at radius 2 is 1.55 bits per heavy atom. The maximum Gasteiger partial charge on any atom is 0.258 e. The van der Waals surface area contributed by atoms with Gasteiger partial charge < -0.3 is 10.5 Å². The molecule has 0 spiro atoms. The molecule has 29 heavy (non-hydrogen) atoms. The summed E-state index contributed by atoms with van der Waals surface area (Å²) in [5.74, 6) is 0.119. The van der Waals surface area contributed by atoms with Gasteiger partial charge in [0.25, 0.3) is 5.91 Å². The van der Waals surface area contributed by atoms with Gasteiger partial charge in [0.05, 0.1) is 5.02 Å². The van der Waals surface area contributed by atoms with E-state index in [9.17, 15) is 4.79 Å². The minimum Gasteiger partial charge on any atom is -0.479 e. The van der Waals surface area contributed by atoms with E-state index < -0.39 is 12.0 Å². The third kappa shape index (κ3) is 9.89. The normalized spacial score (nSPS) is 12.7. The first-order valence-electron chi connectivity index (χ1n) is 11.6. The Bertz CT molecular complexity index is 600. The fourth-order valence-corrected chi connectivity index (χ4v) is 3.68. The Labute approximate surface area is 183 Å². The van der Waals surface area contributed by atoms with Crippen LogP contribution < -0.4 is 10.5 Å². The zero-order valence-corrected chi connectivity index (χ0v) is 19.8. The van der Waals surface area contributed by atoms with E-state index in [1.54, 1.807) is 0 Å². The van der Waals surface area contributed by atoms with Crippen molar-refractivity contribution in [3.8, 4) is 5.75 Å². The van der Waals surface area contributed by atoms with E-state index in [0.29, 0.717) is 17.2 Å². The van der Waals surface area contributed by atoms with E-state index in [2.05, 4.69) is 27.7 Å². The number of ether oxygens (including phenoxy) is 1. The van der Waals surface area contributed by atoms with Gasteiger partial charge in [0.1, 0.15) is 5.75 Å². The fourth-order valence-electron chi connectivity index (χ4n) is 3.45. The molecule has 1 aromatic rings. The third-order valence-electron chi connectivity index (χ3n) is 6.00. The average molecular weight is 424 g/mol. The second kappa shape index (κ2) is 13.9. The molecule has 1 unspecified atom stereocenters. The zero-order chi connectivity index (χ0) is 21.7. The summed E-state index contributed by atoms with van der Waals surface area (Å²) in [5.41, 5.74) is 6.79. The Kier molecular flexibility index (Phi) is 12.4. The van der Waals surface area contributed by atoms with Crippen LogP contribution in [0.1, 0.15) is 110 Å². The van der Waals surface area contributed by atoms with Gasteiger partial charge in [0, 0.05) is 0 Å². The Hall–Kier alpha value is -1.22. The molecule has 1 amide bonds. The highest BCUT2D eigenvalue weighted by atomic mass is 35.5. The van der Waals surface area contributed by atoms with Crippen molar-refractivity contribution in [2.45, 2.75) is 116 Å². The summed E-state index contributed by atoms with van der Waals surface area (Å²) in [5, 5.41) is 0.540. The van der Waals surface area contributed by atoms with Crippen LogP contribution in [-0.4, -0.2) is 12.0 Å². The van der Waals surface area contributed by atoms with Gasteiger partial charge in [-0.15, -0.1) is 0 Å². The van der Waals surface area contributed by atoms with Gasteiger partial charge in [-0.2, -0.15) is 0 Å². The SMILES string of the molecule is CCCCCCCCCCCCC(Oc1ccc(C(C)(C)CC)cc1Cl)C(N)=O. The van der Waals surface area contributed by atoms with Crippen LogP contribution in [0, 0.1) is 0 Å². The van der Waals surface area contributed by atoms with Crippen LogP contribution >= 0.6 is 11.6 Å². The largest absolute Gasteiger partial charge is 0.479 e. The van der Waals surface area contributed by atoms with Crippen LogP contribution in [0.4, 0.5) is 0 Å². The third-order valence-corrected chi connectivity index (χ3v) is 6.30. The first-order valence-corrected chi connectivity index (χ1v) is 12.0. The Morgan fingerprint density at radius 1 is 1.00 bits per heavy atom. The number of amides is 1. The smallest absolute Gasteiger partial charge is 0.258 e. The molecule has 0 heterocycles. The molecule has 0 saturated heterocycles. The number of unbranched alkanes of at least 4 members (excludes halogenated alkanes) is 9. The monoisotopic (exact) mass is 423 g/mol. The molecule has 0 radical (unpaired) electrons. The number of carbonyl (C=O) groups excluding carboxylic acids is 1. The fraction of sp³-hybridized carbons (Fsp3) is 0.720. The number of benzene rings is 1. The maximum atomic E-state index is 11.8. The highest BCUT2D eigenvalue weighted by molar-refractivity contribution is 6.32. The molecule has 1 aromatic carbocycles. The number of carbonyl (C=O) groups is 1. The molecule has 2 N–H and O–H groups in total. The van der Waals surface area contributed by atoms with Gasteiger partial charge in [-0.1, -0.05) is 103 Å². The van der Waals surface area contributed by atoms with Crippen LogP contribution in [-0.2, 0) is 10.2 Å². The topological polar surface area (TPSA) is 52.3 Å². The zero-order valence-electron chi connectivity index (χ0n) is 19.1. The van der Waals surface area contributed by atoms with Gasteiger partial charge in [-0.3, -0.25) is 4.79 Å². The summed E-state index contributed by atoms with van der Waals surface area (Å²) in [4.78, 5) is 11.8. The van der Waals surface area contributed by atoms with Gasteiger partial charge in [0.15, 0.2) is 6.10 Å². The van der Waals surface area contributed by atoms with Crippen molar-refractivity contribution >= 4 is 17.5 Å². The van der Waals surface area contributed by atoms with Crippen LogP contribution in [0.2, 0.25) is 5.02 Å². The second-order valence-corrected chi connectivity index (χ2v) is 9.27. The molecule has 0 aliphatic heterocycles. The molecule has 0 aromatic heterocycles. The maximum absolute atomic E-state index is 11.8. The molecule has 3 nitrogen and oxygen atoms in total. The lowest BCUT2D eigenvalue weighted by atomic mass is 9.82. The average Bonchev–Trinajstić information content (AvgIpc) is 2.69. The quantitative estimate of drug-likeness (QED) is 0.278. The summed E-state index contributed by atoms with van der Waals surface area (Å²) in [6.45, 7) is 8.79. The van der Waals surface area contributed by atoms with Gasteiger partial charge >= 0.3 is 0 Å². The van der Waals surface area contributed by atoms with E-state index in [-0.39, 0.29) is 5.41 Å². The van der Waals surface area contributed by atoms with E-state index in [0.717, 1.165) is 19.3 Å². The summed E-state index contributed by atoms with van der Waals surface area (Å²) < 4.78 is 5.88. The number of hydrogen-bond acceptors (Lipinski definition) is 2. The molecule has 166 valence electrons. The number of halogens is 1. The van der Waals surface area contributed by atoms with E-state index in [1.165, 1.54) is 56.9 Å². The standard InChI is InChI=1S/C25H42ClNO2/c1-5-7-8-9-10-11-12-13-14-15-16-23(24(27)28)29-22-18-17-20(19-21(22)26)25(3,4)6-2/h17-19,23H,5-16H2,1-4H3,(H2,27,28). The molecular weight excluding hydrogens is 382 g/mol. The summed E-state index contributed by atoms with van der Waals surface area (Å²) >= 11 is 6.43. The highest BCUT2D eigenvalue weighted by Gasteiger charge is 2.22. The highest BCUT2D eigenvalue weighted by Crippen LogP contribution is 2.34. The molecule has 0 aliphatic carbocycles. The van der Waals surface area contributed by atoms with E-state index in [1.807, 2.05) is 18.2 Å². The van der Waals surface area contributed by atoms with Crippen LogP contribution in [0.25, 0.3) is 0 Å². The molecule has 1 rings (SSSR count). The van der Waals surface area contributed by atoms with E-state index in [4.69, 9.17) is 22.1 Å². The number of nitrogens with two attached hydrogens (primary N) is 1. The van der Waals surface area contributed by atoms with Crippen LogP contribution in [0.5, 0.6) is 5.75 Å². The lowest BCUT2D eigenvalue weighted by molar-refractivity contribution is -0.125. The minimum absolute atomic E-state index is 0.0568. The molecule has 4 heteroatoms. The molecule has 0 fully saturated rings. The van der Waals surface area contributed by atoms with Crippen molar-refractivity contribution in [1.29, 1.82) is 0 Å². The summed E-state index contributed by atoms with van der Waals surface area (Å²) in [6, 6.07) is 5.84. The van der Waals surface area contributed by atoms with Crippen molar-refractivity contribution < 1.29 is 9.53 Å².